The van der Waals surface area contributed by atoms with Crippen molar-refractivity contribution in [3.8, 4) is 16.9 Å². The summed E-state index contributed by atoms with van der Waals surface area (Å²) in [6, 6.07) is 14.4. The molecule has 32 heavy (non-hydrogen) atoms. The van der Waals surface area contributed by atoms with Crippen LogP contribution in [0.5, 0.6) is 5.75 Å². The van der Waals surface area contributed by atoms with E-state index in [1.807, 2.05) is 45.0 Å². The van der Waals surface area contributed by atoms with Gasteiger partial charge in [0, 0.05) is 11.6 Å². The lowest BCUT2D eigenvalue weighted by molar-refractivity contribution is -0.148. The van der Waals surface area contributed by atoms with Crippen molar-refractivity contribution in [1.82, 2.24) is 0 Å². The maximum atomic E-state index is 11.9. The first-order valence-electron chi connectivity index (χ1n) is 12.0. The van der Waals surface area contributed by atoms with Crippen LogP contribution in [-0.2, 0) is 14.9 Å². The number of aromatic hydroxyl groups is 1. The number of carbonyl (C=O) groups excluding carboxylic acids is 1. The predicted molar refractivity (Wildman–Crippen MR) is 128 cm³/mol. The number of ether oxygens (including phenoxy) is 1. The number of hydrogen-bond acceptors (Lipinski definition) is 3. The van der Waals surface area contributed by atoms with Crippen molar-refractivity contribution in [3.63, 3.8) is 0 Å². The Hall–Kier alpha value is -2.55. The number of phenols is 1. The molecule has 2 aromatic carbocycles. The van der Waals surface area contributed by atoms with Crippen LogP contribution < -0.4 is 0 Å². The Morgan fingerprint density at radius 3 is 2.06 bits per heavy atom. The highest BCUT2D eigenvalue weighted by atomic mass is 16.6. The third-order valence-corrected chi connectivity index (χ3v) is 7.67. The van der Waals surface area contributed by atoms with Gasteiger partial charge in [0.15, 0.2) is 0 Å². The van der Waals surface area contributed by atoms with Crippen molar-refractivity contribution in [3.05, 3.63) is 59.7 Å². The monoisotopic (exact) mass is 430 g/mol. The smallest absolute Gasteiger partial charge is 0.331 e. The van der Waals surface area contributed by atoms with Gasteiger partial charge in [-0.25, -0.2) is 4.79 Å². The standard InChI is InChI=1S/C29H34O3/c1-28(2,3)32-27(31)11-6-19-4-7-23(8-5-19)24-9-10-26(30)25(15-24)29-16-20-12-21(17-29)14-22(13-20)18-29/h4-11,15,20-22,30H,12-14,16-18H2,1-3H3. The second kappa shape index (κ2) is 7.79. The maximum Gasteiger partial charge on any atom is 0.331 e. The summed E-state index contributed by atoms with van der Waals surface area (Å²) in [5.41, 5.74) is 4.09. The van der Waals surface area contributed by atoms with Crippen LogP contribution in [0.4, 0.5) is 0 Å². The normalized spacial score (nSPS) is 28.9. The van der Waals surface area contributed by atoms with Crippen molar-refractivity contribution in [2.24, 2.45) is 17.8 Å². The first-order chi connectivity index (χ1) is 15.2. The molecule has 0 saturated heterocycles. The van der Waals surface area contributed by atoms with Gasteiger partial charge in [-0.05, 0) is 117 Å². The highest BCUT2D eigenvalue weighted by Gasteiger charge is 2.52. The van der Waals surface area contributed by atoms with Crippen molar-refractivity contribution < 1.29 is 14.6 Å². The van der Waals surface area contributed by atoms with E-state index in [-0.39, 0.29) is 11.4 Å². The Morgan fingerprint density at radius 2 is 1.50 bits per heavy atom. The van der Waals surface area contributed by atoms with Gasteiger partial charge in [-0.2, -0.15) is 0 Å². The Labute approximate surface area is 191 Å². The molecule has 0 amide bonds. The molecular formula is C29H34O3. The fraction of sp³-hybridized carbons (Fsp3) is 0.483. The van der Waals surface area contributed by atoms with E-state index >= 15 is 0 Å². The average Bonchev–Trinajstić information content (AvgIpc) is 2.71. The largest absolute Gasteiger partial charge is 0.508 e. The van der Waals surface area contributed by atoms with Crippen LogP contribution in [0, 0.1) is 17.8 Å². The summed E-state index contributed by atoms with van der Waals surface area (Å²) in [7, 11) is 0. The Kier molecular flexibility index (Phi) is 5.19. The second-order valence-corrected chi connectivity index (χ2v) is 11.4. The van der Waals surface area contributed by atoms with E-state index in [1.54, 1.807) is 6.08 Å². The lowest BCUT2D eigenvalue weighted by Gasteiger charge is -2.57. The van der Waals surface area contributed by atoms with E-state index in [9.17, 15) is 9.90 Å². The molecule has 0 aromatic heterocycles. The number of rotatable bonds is 4. The molecule has 0 unspecified atom stereocenters. The minimum Gasteiger partial charge on any atom is -0.508 e. The molecule has 0 aliphatic heterocycles. The molecule has 4 bridgehead atoms. The Bertz CT molecular complexity index is 1000. The maximum absolute atomic E-state index is 11.9. The lowest BCUT2D eigenvalue weighted by atomic mass is 9.48. The minimum absolute atomic E-state index is 0.172. The van der Waals surface area contributed by atoms with E-state index in [0.29, 0.717) is 5.75 Å². The molecule has 0 heterocycles. The van der Waals surface area contributed by atoms with Gasteiger partial charge in [-0.15, -0.1) is 0 Å². The van der Waals surface area contributed by atoms with Crippen LogP contribution in [0.25, 0.3) is 17.2 Å². The molecule has 3 heteroatoms. The summed E-state index contributed by atoms with van der Waals surface area (Å²) in [6.45, 7) is 5.59. The number of benzene rings is 2. The highest BCUT2D eigenvalue weighted by Crippen LogP contribution is 2.62. The number of esters is 1. The molecule has 2 aromatic rings. The van der Waals surface area contributed by atoms with Crippen molar-refractivity contribution in [2.45, 2.75) is 70.3 Å². The molecule has 6 rings (SSSR count). The van der Waals surface area contributed by atoms with Gasteiger partial charge >= 0.3 is 5.97 Å². The molecule has 1 N–H and O–H groups in total. The average molecular weight is 431 g/mol. The minimum atomic E-state index is -0.488. The molecule has 4 saturated carbocycles. The number of carbonyl (C=O) groups is 1. The van der Waals surface area contributed by atoms with Gasteiger partial charge in [0.1, 0.15) is 11.4 Å². The molecule has 0 atom stereocenters. The third-order valence-electron chi connectivity index (χ3n) is 7.67. The summed E-state index contributed by atoms with van der Waals surface area (Å²) in [5, 5.41) is 10.8. The van der Waals surface area contributed by atoms with Crippen LogP contribution >= 0.6 is 0 Å². The fourth-order valence-electron chi connectivity index (χ4n) is 6.87. The van der Waals surface area contributed by atoms with Crippen LogP contribution in [0.15, 0.2) is 48.5 Å². The summed E-state index contributed by atoms with van der Waals surface area (Å²) < 4.78 is 5.33. The quantitative estimate of drug-likeness (QED) is 0.425. The molecule has 4 aliphatic rings. The zero-order chi connectivity index (χ0) is 22.5. The summed E-state index contributed by atoms with van der Waals surface area (Å²) in [4.78, 5) is 11.9. The molecule has 4 fully saturated rings. The van der Waals surface area contributed by atoms with Gasteiger partial charge in [0.05, 0.1) is 0 Å². The van der Waals surface area contributed by atoms with E-state index < -0.39 is 5.60 Å². The molecular weight excluding hydrogens is 396 g/mol. The van der Waals surface area contributed by atoms with Gasteiger partial charge in [-0.3, -0.25) is 0 Å². The zero-order valence-electron chi connectivity index (χ0n) is 19.4. The third kappa shape index (κ3) is 4.22. The lowest BCUT2D eigenvalue weighted by Crippen LogP contribution is -2.48. The molecule has 168 valence electrons. The van der Waals surface area contributed by atoms with E-state index in [2.05, 4.69) is 18.2 Å². The highest BCUT2D eigenvalue weighted by molar-refractivity contribution is 5.87. The van der Waals surface area contributed by atoms with Crippen LogP contribution in [0.2, 0.25) is 0 Å². The summed E-state index contributed by atoms with van der Waals surface area (Å²) in [5.74, 6) is 2.67. The summed E-state index contributed by atoms with van der Waals surface area (Å²) in [6.07, 6.45) is 11.2. The first kappa shape index (κ1) is 21.3. The summed E-state index contributed by atoms with van der Waals surface area (Å²) >= 11 is 0. The van der Waals surface area contributed by atoms with E-state index in [1.165, 1.54) is 50.2 Å². The molecule has 0 spiro atoms. The number of hydrogen-bond donors (Lipinski definition) is 1. The zero-order valence-corrected chi connectivity index (χ0v) is 19.4. The molecule has 4 aliphatic carbocycles. The van der Waals surface area contributed by atoms with Crippen molar-refractivity contribution in [2.75, 3.05) is 0 Å². The van der Waals surface area contributed by atoms with Gasteiger partial charge < -0.3 is 9.84 Å². The first-order valence-corrected chi connectivity index (χ1v) is 12.0. The molecule has 0 radical (unpaired) electrons. The SMILES string of the molecule is CC(C)(C)OC(=O)C=Cc1ccc(-c2ccc(O)c(C34CC5CC(CC(C5)C3)C4)c2)cc1. The fourth-order valence-corrected chi connectivity index (χ4v) is 6.87. The number of phenolic OH excluding ortho intramolecular Hbond substituents is 1. The second-order valence-electron chi connectivity index (χ2n) is 11.4. The van der Waals surface area contributed by atoms with Crippen LogP contribution in [-0.4, -0.2) is 16.7 Å². The van der Waals surface area contributed by atoms with Gasteiger partial charge in [-0.1, -0.05) is 30.3 Å². The van der Waals surface area contributed by atoms with Crippen molar-refractivity contribution >= 4 is 12.0 Å². The van der Waals surface area contributed by atoms with Gasteiger partial charge in [0.2, 0.25) is 0 Å². The van der Waals surface area contributed by atoms with E-state index in [0.717, 1.165) is 34.4 Å². The molecule has 3 nitrogen and oxygen atoms in total. The van der Waals surface area contributed by atoms with Crippen LogP contribution in [0.1, 0.15) is 70.4 Å². The Morgan fingerprint density at radius 1 is 0.938 bits per heavy atom. The van der Waals surface area contributed by atoms with Crippen LogP contribution in [0.3, 0.4) is 0 Å². The topological polar surface area (TPSA) is 46.5 Å². The van der Waals surface area contributed by atoms with E-state index in [4.69, 9.17) is 4.74 Å². The van der Waals surface area contributed by atoms with Gasteiger partial charge in [0.25, 0.3) is 0 Å². The predicted octanol–water partition coefficient (Wildman–Crippen LogP) is 6.88. The Balaban J connectivity index is 1.37. The van der Waals surface area contributed by atoms with Crippen molar-refractivity contribution in [1.29, 1.82) is 0 Å².